The average molecular weight is 474 g/mol. The van der Waals surface area contributed by atoms with E-state index in [1.165, 1.54) is 0 Å². The minimum Gasteiger partial charge on any atom is -0.308 e. The molecule has 0 radical (unpaired) electrons. The van der Waals surface area contributed by atoms with Gasteiger partial charge in [0.05, 0.1) is 29.7 Å². The van der Waals surface area contributed by atoms with Crippen molar-refractivity contribution in [2.45, 2.75) is 26.4 Å². The molecule has 3 aromatic carbocycles. The third-order valence-electron chi connectivity index (χ3n) is 6.73. The summed E-state index contributed by atoms with van der Waals surface area (Å²) in [6, 6.07) is 31.9. The summed E-state index contributed by atoms with van der Waals surface area (Å²) < 4.78 is 4.16. The summed E-state index contributed by atoms with van der Waals surface area (Å²) in [6.45, 7) is 4.46. The van der Waals surface area contributed by atoms with Gasteiger partial charge >= 0.3 is 6.03 Å². The molecular formula is C30H27N5O. The number of nitrogens with one attached hydrogen (secondary N) is 1. The second-order valence-electron chi connectivity index (χ2n) is 9.18. The van der Waals surface area contributed by atoms with Crippen molar-refractivity contribution in [3.05, 3.63) is 131 Å². The van der Waals surface area contributed by atoms with Crippen LogP contribution in [0.2, 0.25) is 0 Å². The van der Waals surface area contributed by atoms with Crippen LogP contribution in [0.3, 0.4) is 0 Å². The van der Waals surface area contributed by atoms with Crippen molar-refractivity contribution >= 4 is 11.7 Å². The number of rotatable bonds is 3. The van der Waals surface area contributed by atoms with E-state index in [1.807, 2.05) is 90.2 Å². The van der Waals surface area contributed by atoms with E-state index < -0.39 is 0 Å². The van der Waals surface area contributed by atoms with Gasteiger partial charge in [0.1, 0.15) is 5.82 Å². The highest BCUT2D eigenvalue weighted by Crippen LogP contribution is 2.38. The lowest BCUT2D eigenvalue weighted by molar-refractivity contribution is 0.194. The summed E-state index contributed by atoms with van der Waals surface area (Å²) >= 11 is 0. The van der Waals surface area contributed by atoms with Crippen molar-refractivity contribution in [1.82, 2.24) is 19.2 Å². The third kappa shape index (κ3) is 3.77. The van der Waals surface area contributed by atoms with E-state index >= 15 is 0 Å². The summed E-state index contributed by atoms with van der Waals surface area (Å²) in [7, 11) is 0. The van der Waals surface area contributed by atoms with Gasteiger partial charge in [-0.25, -0.2) is 9.48 Å². The molecule has 3 heterocycles. The Morgan fingerprint density at radius 3 is 2.39 bits per heavy atom. The van der Waals surface area contributed by atoms with E-state index in [-0.39, 0.29) is 12.1 Å². The van der Waals surface area contributed by atoms with Crippen LogP contribution in [0.5, 0.6) is 0 Å². The number of hydrogen-bond acceptors (Lipinski definition) is 2. The summed E-state index contributed by atoms with van der Waals surface area (Å²) in [5.41, 5.74) is 6.85. The van der Waals surface area contributed by atoms with Crippen molar-refractivity contribution in [2.75, 3.05) is 5.32 Å². The first-order chi connectivity index (χ1) is 17.6. The first-order valence-electron chi connectivity index (χ1n) is 12.1. The van der Waals surface area contributed by atoms with Crippen molar-refractivity contribution < 1.29 is 4.79 Å². The molecule has 5 aromatic rings. The van der Waals surface area contributed by atoms with E-state index in [4.69, 9.17) is 5.10 Å². The van der Waals surface area contributed by atoms with Gasteiger partial charge in [0.2, 0.25) is 0 Å². The Balaban J connectivity index is 1.53. The van der Waals surface area contributed by atoms with Crippen molar-refractivity contribution in [1.29, 1.82) is 0 Å². The highest BCUT2D eigenvalue weighted by molar-refractivity contribution is 5.90. The smallest absolute Gasteiger partial charge is 0.308 e. The number of fused-ring (bicyclic) bond motifs is 3. The van der Waals surface area contributed by atoms with Crippen molar-refractivity contribution in [3.8, 4) is 11.5 Å². The predicted molar refractivity (Wildman–Crippen MR) is 142 cm³/mol. The van der Waals surface area contributed by atoms with Gasteiger partial charge in [0.15, 0.2) is 0 Å². The normalized spacial score (nSPS) is 14.6. The molecule has 0 fully saturated rings. The van der Waals surface area contributed by atoms with E-state index in [1.54, 1.807) is 0 Å². The Kier molecular flexibility index (Phi) is 5.41. The maximum Gasteiger partial charge on any atom is 0.322 e. The van der Waals surface area contributed by atoms with Gasteiger partial charge in [-0.05, 0) is 61.4 Å². The molecule has 6 rings (SSSR count). The Morgan fingerprint density at radius 1 is 0.889 bits per heavy atom. The topological polar surface area (TPSA) is 55.1 Å². The lowest BCUT2D eigenvalue weighted by atomic mass is 10.0. The number of urea groups is 1. The Labute approximate surface area is 210 Å². The minimum atomic E-state index is -0.276. The highest BCUT2D eigenvalue weighted by atomic mass is 16.2. The minimum absolute atomic E-state index is 0.151. The number of amides is 2. The summed E-state index contributed by atoms with van der Waals surface area (Å²) in [5.74, 6) is 0.963. The molecule has 6 nitrogen and oxygen atoms in total. The number of carbonyl (C=O) groups excluding carboxylic acids is 1. The molecule has 2 amide bonds. The fourth-order valence-corrected chi connectivity index (χ4v) is 5.05. The van der Waals surface area contributed by atoms with E-state index in [0.717, 1.165) is 45.3 Å². The van der Waals surface area contributed by atoms with Crippen LogP contribution in [0.15, 0.2) is 103 Å². The van der Waals surface area contributed by atoms with Gasteiger partial charge in [-0.2, -0.15) is 5.10 Å². The van der Waals surface area contributed by atoms with Gasteiger partial charge in [-0.15, -0.1) is 0 Å². The van der Waals surface area contributed by atoms with E-state index in [9.17, 15) is 4.79 Å². The molecule has 1 atom stereocenters. The number of anilines is 1. The van der Waals surface area contributed by atoms with E-state index in [2.05, 4.69) is 46.4 Å². The van der Waals surface area contributed by atoms with Crippen molar-refractivity contribution in [3.63, 3.8) is 0 Å². The Morgan fingerprint density at radius 2 is 1.64 bits per heavy atom. The number of aryl methyl sites for hydroxylation is 2. The number of aromatic nitrogens is 3. The maximum atomic E-state index is 13.9. The molecule has 0 saturated heterocycles. The molecule has 1 aliphatic heterocycles. The molecule has 2 aromatic heterocycles. The van der Waals surface area contributed by atoms with Crippen LogP contribution in [0.25, 0.3) is 11.5 Å². The maximum absolute atomic E-state index is 13.9. The number of hydrogen-bond donors (Lipinski definition) is 1. The SMILES string of the molecule is Cc1cccc(NC(=O)N2Cc3c(C)nn(-c4ccccc4)c3-n3cccc3C2c2ccccc2)c1. The Bertz CT molecular complexity index is 1530. The lowest BCUT2D eigenvalue weighted by Gasteiger charge is -2.31. The van der Waals surface area contributed by atoms with E-state index in [0.29, 0.717) is 6.54 Å². The van der Waals surface area contributed by atoms with Gasteiger partial charge in [0, 0.05) is 17.4 Å². The molecule has 0 spiro atoms. The average Bonchev–Trinajstić information content (AvgIpc) is 3.45. The molecule has 1 aliphatic rings. The molecule has 0 aliphatic carbocycles. The molecule has 1 N–H and O–H groups in total. The van der Waals surface area contributed by atoms with Crippen LogP contribution in [-0.2, 0) is 6.54 Å². The molecule has 1 unspecified atom stereocenters. The molecule has 0 saturated carbocycles. The van der Waals surface area contributed by atoms with Crippen LogP contribution < -0.4 is 5.32 Å². The fourth-order valence-electron chi connectivity index (χ4n) is 5.05. The zero-order valence-electron chi connectivity index (χ0n) is 20.3. The second kappa shape index (κ2) is 8.89. The predicted octanol–water partition coefficient (Wildman–Crippen LogP) is 6.42. The molecule has 178 valence electrons. The van der Waals surface area contributed by atoms with Gasteiger partial charge in [0.25, 0.3) is 0 Å². The Hall–Kier alpha value is -4.58. The molecule has 0 bridgehead atoms. The molecule has 36 heavy (non-hydrogen) atoms. The summed E-state index contributed by atoms with van der Waals surface area (Å²) in [6.07, 6.45) is 2.06. The summed E-state index contributed by atoms with van der Waals surface area (Å²) in [5, 5.41) is 8.05. The fraction of sp³-hybridized carbons (Fsp3) is 0.133. The monoisotopic (exact) mass is 473 g/mol. The number of carbonyl (C=O) groups is 1. The van der Waals surface area contributed by atoms with Gasteiger partial charge < -0.3 is 14.8 Å². The second-order valence-corrected chi connectivity index (χ2v) is 9.18. The highest BCUT2D eigenvalue weighted by Gasteiger charge is 2.35. The standard InChI is InChI=1S/C30H27N5O/c1-21-11-9-14-24(19-21)31-30(36)34-20-26-22(2)32-35(25-15-7-4-8-16-25)29(26)33-18-10-17-27(33)28(34)23-12-5-3-6-13-23/h3-19,28H,20H2,1-2H3,(H,31,36). The largest absolute Gasteiger partial charge is 0.322 e. The first-order valence-corrected chi connectivity index (χ1v) is 12.1. The first kappa shape index (κ1) is 21.9. The third-order valence-corrected chi connectivity index (χ3v) is 6.73. The quantitative estimate of drug-likeness (QED) is 0.329. The zero-order chi connectivity index (χ0) is 24.6. The van der Waals surface area contributed by atoms with Gasteiger partial charge in [-0.3, -0.25) is 0 Å². The van der Waals surface area contributed by atoms with Crippen LogP contribution in [0, 0.1) is 13.8 Å². The number of para-hydroxylation sites is 1. The van der Waals surface area contributed by atoms with Crippen LogP contribution in [0.4, 0.5) is 10.5 Å². The van der Waals surface area contributed by atoms with Gasteiger partial charge in [-0.1, -0.05) is 60.7 Å². The zero-order valence-corrected chi connectivity index (χ0v) is 20.3. The van der Waals surface area contributed by atoms with Crippen LogP contribution >= 0.6 is 0 Å². The summed E-state index contributed by atoms with van der Waals surface area (Å²) in [4.78, 5) is 15.8. The van der Waals surface area contributed by atoms with Crippen LogP contribution in [-0.4, -0.2) is 25.3 Å². The number of nitrogens with zero attached hydrogens (tertiary/aromatic N) is 4. The molecule has 6 heteroatoms. The number of benzene rings is 3. The lowest BCUT2D eigenvalue weighted by Crippen LogP contribution is -2.38. The molecular weight excluding hydrogens is 446 g/mol. The van der Waals surface area contributed by atoms with Crippen LogP contribution in [0.1, 0.15) is 34.1 Å². The van der Waals surface area contributed by atoms with Crippen molar-refractivity contribution in [2.24, 2.45) is 0 Å².